The van der Waals surface area contributed by atoms with Gasteiger partial charge >= 0.3 is 0 Å². The molecule has 1 aromatic carbocycles. The van der Waals surface area contributed by atoms with E-state index >= 15 is 0 Å². The number of Topliss-reactive ketones (excluding diaryl/α,β-unsaturated/α-hetero) is 1. The van der Waals surface area contributed by atoms with Crippen LogP contribution in [0.4, 0.5) is 0 Å². The number of hydrogen-bond donors (Lipinski definition) is 1. The van der Waals surface area contributed by atoms with Crippen LogP contribution in [-0.2, 0) is 19.5 Å². The quantitative estimate of drug-likeness (QED) is 0.803. The van der Waals surface area contributed by atoms with E-state index in [1.54, 1.807) is 12.5 Å². The van der Waals surface area contributed by atoms with Crippen molar-refractivity contribution in [3.05, 3.63) is 53.7 Å². The predicted octanol–water partition coefficient (Wildman–Crippen LogP) is 2.73. The number of carbonyl (C=O) groups is 1. The number of aliphatic hydroxyl groups is 1. The highest BCUT2D eigenvalue weighted by Gasteiger charge is 2.26. The largest absolute Gasteiger partial charge is 0.389 e. The van der Waals surface area contributed by atoms with Crippen LogP contribution in [0, 0.1) is 6.92 Å². The maximum Gasteiger partial charge on any atom is 0.179 e. The van der Waals surface area contributed by atoms with Crippen molar-refractivity contribution in [2.24, 2.45) is 0 Å². The zero-order chi connectivity index (χ0) is 16.7. The maximum atomic E-state index is 12.5. The van der Waals surface area contributed by atoms with Crippen LogP contribution in [-0.4, -0.2) is 31.1 Å². The van der Waals surface area contributed by atoms with Crippen LogP contribution in [0.15, 0.2) is 36.9 Å². The molecule has 1 atom stereocenters. The summed E-state index contributed by atoms with van der Waals surface area (Å²) in [4.78, 5) is 16.5. The van der Waals surface area contributed by atoms with Crippen molar-refractivity contribution < 1.29 is 9.90 Å². The van der Waals surface area contributed by atoms with Gasteiger partial charge in [-0.3, -0.25) is 4.79 Å². The Hall–Kier alpha value is -2.40. The van der Waals surface area contributed by atoms with E-state index in [0.29, 0.717) is 19.5 Å². The van der Waals surface area contributed by atoms with E-state index in [1.807, 2.05) is 15.3 Å². The first-order valence-electron chi connectivity index (χ1n) is 8.42. The van der Waals surface area contributed by atoms with Crippen molar-refractivity contribution in [2.45, 2.75) is 45.4 Å². The van der Waals surface area contributed by atoms with Crippen molar-refractivity contribution in [2.75, 3.05) is 0 Å². The molecule has 5 nitrogen and oxygen atoms in total. The van der Waals surface area contributed by atoms with E-state index in [4.69, 9.17) is 0 Å². The number of aliphatic hydroxyl groups excluding tert-OH is 1. The lowest BCUT2D eigenvalue weighted by Gasteiger charge is -2.18. The van der Waals surface area contributed by atoms with Crippen LogP contribution in [0.5, 0.6) is 0 Å². The highest BCUT2D eigenvalue weighted by molar-refractivity contribution is 6.04. The van der Waals surface area contributed by atoms with Gasteiger partial charge in [-0.2, -0.15) is 0 Å². The van der Waals surface area contributed by atoms with E-state index in [0.717, 1.165) is 35.0 Å². The van der Waals surface area contributed by atoms with Gasteiger partial charge in [-0.05, 0) is 37.5 Å². The first-order valence-corrected chi connectivity index (χ1v) is 8.42. The highest BCUT2D eigenvalue weighted by atomic mass is 16.3. The molecule has 1 aliphatic carbocycles. The lowest BCUT2D eigenvalue weighted by atomic mass is 9.94. The number of fused-ring (bicyclic) bond motifs is 3. The molecular formula is C19H21N3O2. The number of imidazole rings is 1. The standard InChI is InChI=1S/C19H21N3O2/c1-13-5-6-17-16(9-13)15-3-2-4-18(24)19(15)22(17)11-14(23)10-21-8-7-20-12-21/h5-9,12,14,23H,2-4,10-11H2,1H3/t14-/m1/s1. The third-order valence-electron chi connectivity index (χ3n) is 4.79. The molecule has 5 heteroatoms. The molecule has 0 saturated heterocycles. The van der Waals surface area contributed by atoms with Gasteiger partial charge in [-0.15, -0.1) is 0 Å². The van der Waals surface area contributed by atoms with E-state index in [2.05, 4.69) is 30.1 Å². The molecule has 0 saturated carbocycles. The summed E-state index contributed by atoms with van der Waals surface area (Å²) in [5.41, 5.74) is 4.19. The molecule has 0 bridgehead atoms. The molecule has 0 aliphatic heterocycles. The number of aromatic nitrogens is 3. The van der Waals surface area contributed by atoms with Crippen LogP contribution >= 0.6 is 0 Å². The van der Waals surface area contributed by atoms with Crippen LogP contribution in [0.1, 0.15) is 34.5 Å². The summed E-state index contributed by atoms with van der Waals surface area (Å²) in [6.45, 7) is 2.95. The predicted molar refractivity (Wildman–Crippen MR) is 92.2 cm³/mol. The molecule has 1 N–H and O–H groups in total. The van der Waals surface area contributed by atoms with Gasteiger partial charge in [-0.1, -0.05) is 11.6 Å². The first-order chi connectivity index (χ1) is 11.6. The van der Waals surface area contributed by atoms with E-state index in [1.165, 1.54) is 5.56 Å². The number of benzene rings is 1. The molecule has 0 fully saturated rings. The van der Waals surface area contributed by atoms with Crippen LogP contribution in [0.2, 0.25) is 0 Å². The van der Waals surface area contributed by atoms with Gasteiger partial charge < -0.3 is 14.2 Å². The van der Waals surface area contributed by atoms with Crippen molar-refractivity contribution in [1.29, 1.82) is 0 Å². The fraction of sp³-hybridized carbons (Fsp3) is 0.368. The molecule has 0 amide bonds. The zero-order valence-electron chi connectivity index (χ0n) is 13.8. The Morgan fingerprint density at radius 3 is 2.96 bits per heavy atom. The number of ketones is 1. The monoisotopic (exact) mass is 323 g/mol. The average Bonchev–Trinajstić information content (AvgIpc) is 3.15. The minimum absolute atomic E-state index is 0.194. The summed E-state index contributed by atoms with van der Waals surface area (Å²) in [6, 6.07) is 6.29. The second-order valence-electron chi connectivity index (χ2n) is 6.65. The smallest absolute Gasteiger partial charge is 0.179 e. The molecule has 4 rings (SSSR count). The minimum atomic E-state index is -0.574. The lowest BCUT2D eigenvalue weighted by Crippen LogP contribution is -2.24. The summed E-state index contributed by atoms with van der Waals surface area (Å²) in [7, 11) is 0. The van der Waals surface area contributed by atoms with Crippen molar-refractivity contribution >= 4 is 16.7 Å². The minimum Gasteiger partial charge on any atom is -0.389 e. The lowest BCUT2D eigenvalue weighted by molar-refractivity contribution is 0.0953. The molecule has 24 heavy (non-hydrogen) atoms. The normalized spacial score (nSPS) is 15.7. The van der Waals surface area contributed by atoms with Gasteiger partial charge in [0.2, 0.25) is 0 Å². The molecule has 124 valence electrons. The number of nitrogens with zero attached hydrogens (tertiary/aromatic N) is 3. The second-order valence-corrected chi connectivity index (χ2v) is 6.65. The number of aryl methyl sites for hydroxylation is 2. The third kappa shape index (κ3) is 2.55. The molecular weight excluding hydrogens is 302 g/mol. The van der Waals surface area contributed by atoms with E-state index in [-0.39, 0.29) is 5.78 Å². The Morgan fingerprint density at radius 2 is 2.17 bits per heavy atom. The Bertz CT molecular complexity index is 893. The Morgan fingerprint density at radius 1 is 1.29 bits per heavy atom. The molecule has 2 heterocycles. The summed E-state index contributed by atoms with van der Waals surface area (Å²) >= 11 is 0. The number of rotatable bonds is 4. The average molecular weight is 323 g/mol. The number of hydrogen-bond acceptors (Lipinski definition) is 3. The molecule has 3 aromatic rings. The van der Waals surface area contributed by atoms with Crippen molar-refractivity contribution in [1.82, 2.24) is 14.1 Å². The summed E-state index contributed by atoms with van der Waals surface area (Å²) in [6.07, 6.45) is 7.10. The Labute approximate surface area is 140 Å². The van der Waals surface area contributed by atoms with Crippen molar-refractivity contribution in [3.8, 4) is 0 Å². The Balaban J connectivity index is 1.76. The summed E-state index contributed by atoms with van der Waals surface area (Å²) in [5.74, 6) is 0.194. The highest BCUT2D eigenvalue weighted by Crippen LogP contribution is 2.33. The fourth-order valence-electron chi connectivity index (χ4n) is 3.75. The molecule has 0 spiro atoms. The van der Waals surface area contributed by atoms with Gasteiger partial charge in [0.25, 0.3) is 0 Å². The SMILES string of the molecule is Cc1ccc2c(c1)c1c(n2C[C@H](O)Cn2ccnc2)C(=O)CCC1. The maximum absolute atomic E-state index is 12.5. The van der Waals surface area contributed by atoms with Crippen LogP contribution in [0.25, 0.3) is 10.9 Å². The van der Waals surface area contributed by atoms with Gasteiger partial charge in [0.15, 0.2) is 5.78 Å². The van der Waals surface area contributed by atoms with E-state index < -0.39 is 6.10 Å². The first kappa shape index (κ1) is 15.1. The van der Waals surface area contributed by atoms with Crippen molar-refractivity contribution in [3.63, 3.8) is 0 Å². The zero-order valence-corrected chi connectivity index (χ0v) is 13.8. The Kier molecular flexibility index (Phi) is 3.73. The molecule has 0 radical (unpaired) electrons. The fourth-order valence-corrected chi connectivity index (χ4v) is 3.75. The van der Waals surface area contributed by atoms with Gasteiger partial charge in [0, 0.05) is 29.7 Å². The molecule has 1 aliphatic rings. The molecule has 0 unspecified atom stereocenters. The summed E-state index contributed by atoms with van der Waals surface area (Å²) in [5, 5.41) is 11.7. The van der Waals surface area contributed by atoms with Gasteiger partial charge in [-0.25, -0.2) is 4.98 Å². The van der Waals surface area contributed by atoms with Gasteiger partial charge in [0.1, 0.15) is 0 Å². The third-order valence-corrected chi connectivity index (χ3v) is 4.79. The summed E-state index contributed by atoms with van der Waals surface area (Å²) < 4.78 is 3.88. The number of carbonyl (C=O) groups excluding carboxylic acids is 1. The molecule has 2 aromatic heterocycles. The second kappa shape index (κ2) is 5.91. The van der Waals surface area contributed by atoms with Gasteiger partial charge in [0.05, 0.1) is 31.2 Å². The van der Waals surface area contributed by atoms with Crippen LogP contribution < -0.4 is 0 Å². The topological polar surface area (TPSA) is 60.1 Å². The van der Waals surface area contributed by atoms with Crippen LogP contribution in [0.3, 0.4) is 0 Å². The van der Waals surface area contributed by atoms with E-state index in [9.17, 15) is 9.90 Å².